The molecule has 0 aromatic carbocycles. The minimum Gasteiger partial charge on any atom is -0.357 e. The molecule has 9 nitrogen and oxygen atoms in total. The summed E-state index contributed by atoms with van der Waals surface area (Å²) in [5.41, 5.74) is 1.61. The lowest BCUT2D eigenvalue weighted by Gasteiger charge is -2.40. The number of amides is 2. The molecule has 5 rings (SSSR count). The number of likely N-dealkylation sites (tertiary alicyclic amines) is 1. The van der Waals surface area contributed by atoms with Gasteiger partial charge in [-0.3, -0.25) is 19.5 Å². The second-order valence-electron chi connectivity index (χ2n) is 11.6. The maximum absolute atomic E-state index is 13.1. The third-order valence-electron chi connectivity index (χ3n) is 8.80. The Morgan fingerprint density at radius 2 is 1.76 bits per heavy atom. The van der Waals surface area contributed by atoms with Crippen molar-refractivity contribution >= 4 is 23.7 Å². The number of carbonyl (C=O) groups excluding carboxylic acids is 2. The van der Waals surface area contributed by atoms with Crippen molar-refractivity contribution in [2.75, 3.05) is 63.8 Å². The normalized spacial score (nSPS) is 19.5. The fourth-order valence-corrected chi connectivity index (χ4v) is 6.29. The summed E-state index contributed by atoms with van der Waals surface area (Å²) >= 11 is 0. The minimum atomic E-state index is -0.0708. The lowest BCUT2D eigenvalue weighted by Crippen LogP contribution is -2.52. The average Bonchev–Trinajstić information content (AvgIpc) is 3.05. The van der Waals surface area contributed by atoms with Crippen LogP contribution in [0.3, 0.4) is 0 Å². The van der Waals surface area contributed by atoms with Gasteiger partial charge in [0.05, 0.1) is 5.56 Å². The SMILES string of the molecule is O=C(/C=C/c1cccnc1)NCCCCC1CCN(C(=O)c2ccc(N3CCC(N4CCNCC4)CC3)nc2)CC1. The van der Waals surface area contributed by atoms with Crippen LogP contribution in [0.1, 0.15) is 60.9 Å². The molecule has 2 N–H and O–H groups in total. The van der Waals surface area contributed by atoms with E-state index in [0.29, 0.717) is 24.1 Å². The van der Waals surface area contributed by atoms with Gasteiger partial charge in [-0.25, -0.2) is 4.98 Å². The Hall–Kier alpha value is -3.30. The zero-order valence-corrected chi connectivity index (χ0v) is 24.2. The molecule has 3 fully saturated rings. The maximum Gasteiger partial charge on any atom is 0.255 e. The Kier molecular flexibility index (Phi) is 10.7. The largest absolute Gasteiger partial charge is 0.357 e. The van der Waals surface area contributed by atoms with Crippen molar-refractivity contribution in [1.29, 1.82) is 0 Å². The number of piperidine rings is 2. The first-order valence-electron chi connectivity index (χ1n) is 15.5. The monoisotopic (exact) mass is 559 g/mol. The Morgan fingerprint density at radius 3 is 2.46 bits per heavy atom. The van der Waals surface area contributed by atoms with E-state index in [-0.39, 0.29) is 11.8 Å². The highest BCUT2D eigenvalue weighted by Gasteiger charge is 2.27. The van der Waals surface area contributed by atoms with Gasteiger partial charge in [-0.1, -0.05) is 18.9 Å². The maximum atomic E-state index is 13.1. The number of carbonyl (C=O) groups is 2. The number of pyridine rings is 2. The van der Waals surface area contributed by atoms with Gasteiger partial charge in [0.1, 0.15) is 5.82 Å². The van der Waals surface area contributed by atoms with Gasteiger partial charge in [-0.2, -0.15) is 0 Å². The molecule has 3 aliphatic rings. The van der Waals surface area contributed by atoms with Crippen molar-refractivity contribution in [3.05, 3.63) is 60.1 Å². The summed E-state index contributed by atoms with van der Waals surface area (Å²) in [4.78, 5) is 40.8. The molecule has 0 aliphatic carbocycles. The molecule has 0 radical (unpaired) electrons. The molecule has 2 aromatic rings. The van der Waals surface area contributed by atoms with Gasteiger partial charge in [-0.05, 0) is 67.9 Å². The summed E-state index contributed by atoms with van der Waals surface area (Å²) in [7, 11) is 0. The van der Waals surface area contributed by atoms with Crippen LogP contribution in [-0.4, -0.2) is 96.5 Å². The molecule has 0 atom stereocenters. The number of hydrogen-bond acceptors (Lipinski definition) is 7. The Bertz CT molecular complexity index is 1120. The molecule has 0 saturated carbocycles. The third kappa shape index (κ3) is 8.60. The number of nitrogens with zero attached hydrogens (tertiary/aromatic N) is 5. The van der Waals surface area contributed by atoms with E-state index in [1.165, 1.54) is 12.8 Å². The lowest BCUT2D eigenvalue weighted by atomic mass is 9.91. The topological polar surface area (TPSA) is 93.7 Å². The van der Waals surface area contributed by atoms with Gasteiger partial charge in [0.15, 0.2) is 0 Å². The highest BCUT2D eigenvalue weighted by molar-refractivity contribution is 5.94. The summed E-state index contributed by atoms with van der Waals surface area (Å²) in [5.74, 6) is 1.66. The molecule has 220 valence electrons. The molecule has 5 heterocycles. The van der Waals surface area contributed by atoms with Crippen molar-refractivity contribution in [3.63, 3.8) is 0 Å². The van der Waals surface area contributed by atoms with E-state index in [1.54, 1.807) is 30.7 Å². The Labute approximate surface area is 244 Å². The second kappa shape index (κ2) is 15.1. The Balaban J connectivity index is 0.960. The zero-order chi connectivity index (χ0) is 28.3. The van der Waals surface area contributed by atoms with E-state index >= 15 is 0 Å². The molecule has 0 spiro atoms. The van der Waals surface area contributed by atoms with Crippen molar-refractivity contribution in [2.45, 2.75) is 51.0 Å². The minimum absolute atomic E-state index is 0.0708. The van der Waals surface area contributed by atoms with Crippen LogP contribution >= 0.6 is 0 Å². The van der Waals surface area contributed by atoms with E-state index in [2.05, 4.69) is 30.4 Å². The highest BCUT2D eigenvalue weighted by Crippen LogP contribution is 2.25. The predicted molar refractivity (Wildman–Crippen MR) is 163 cm³/mol. The number of anilines is 1. The van der Waals surface area contributed by atoms with Crippen molar-refractivity contribution in [3.8, 4) is 0 Å². The number of aromatic nitrogens is 2. The first kappa shape index (κ1) is 29.2. The van der Waals surface area contributed by atoms with Crippen LogP contribution in [0.15, 0.2) is 48.9 Å². The van der Waals surface area contributed by atoms with Crippen LogP contribution in [0.4, 0.5) is 5.82 Å². The number of rotatable bonds is 10. The number of hydrogen-bond donors (Lipinski definition) is 2. The zero-order valence-electron chi connectivity index (χ0n) is 24.2. The molecular weight excluding hydrogens is 514 g/mol. The van der Waals surface area contributed by atoms with Crippen molar-refractivity contribution < 1.29 is 9.59 Å². The third-order valence-corrected chi connectivity index (χ3v) is 8.80. The molecule has 2 aromatic heterocycles. The fraction of sp³-hybridized carbons (Fsp3) is 0.562. The smallest absolute Gasteiger partial charge is 0.255 e. The average molecular weight is 560 g/mol. The molecular formula is C32H45N7O2. The van der Waals surface area contributed by atoms with E-state index in [9.17, 15) is 9.59 Å². The molecule has 0 unspecified atom stereocenters. The van der Waals surface area contributed by atoms with Crippen LogP contribution in [0.5, 0.6) is 0 Å². The second-order valence-corrected chi connectivity index (χ2v) is 11.6. The van der Waals surface area contributed by atoms with Gasteiger partial charge in [0, 0.05) is 89.6 Å². The van der Waals surface area contributed by atoms with Crippen LogP contribution in [-0.2, 0) is 4.79 Å². The van der Waals surface area contributed by atoms with Gasteiger partial charge in [0.2, 0.25) is 5.91 Å². The van der Waals surface area contributed by atoms with Crippen LogP contribution in [0.2, 0.25) is 0 Å². The van der Waals surface area contributed by atoms with Gasteiger partial charge in [-0.15, -0.1) is 0 Å². The van der Waals surface area contributed by atoms with Gasteiger partial charge in [0.25, 0.3) is 5.91 Å². The molecule has 3 aliphatic heterocycles. The fourth-order valence-electron chi connectivity index (χ4n) is 6.29. The van der Waals surface area contributed by atoms with E-state index in [1.807, 2.05) is 29.2 Å². The van der Waals surface area contributed by atoms with Crippen LogP contribution in [0.25, 0.3) is 6.08 Å². The Morgan fingerprint density at radius 1 is 0.951 bits per heavy atom. The van der Waals surface area contributed by atoms with E-state index < -0.39 is 0 Å². The quantitative estimate of drug-likeness (QED) is 0.341. The molecule has 0 bridgehead atoms. The first-order valence-corrected chi connectivity index (χ1v) is 15.5. The van der Waals surface area contributed by atoms with E-state index in [4.69, 9.17) is 0 Å². The van der Waals surface area contributed by atoms with E-state index in [0.717, 1.165) is 95.8 Å². The molecule has 2 amide bonds. The van der Waals surface area contributed by atoms with Gasteiger partial charge >= 0.3 is 0 Å². The summed E-state index contributed by atoms with van der Waals surface area (Å²) < 4.78 is 0. The van der Waals surface area contributed by atoms with Crippen molar-refractivity contribution in [2.24, 2.45) is 5.92 Å². The van der Waals surface area contributed by atoms with Gasteiger partial charge < -0.3 is 20.4 Å². The molecule has 9 heteroatoms. The van der Waals surface area contributed by atoms with Crippen molar-refractivity contribution in [1.82, 2.24) is 30.4 Å². The highest BCUT2D eigenvalue weighted by atomic mass is 16.2. The number of unbranched alkanes of at least 4 members (excludes halogenated alkanes) is 1. The summed E-state index contributed by atoms with van der Waals surface area (Å²) in [6.45, 7) is 8.86. The first-order chi connectivity index (χ1) is 20.2. The summed E-state index contributed by atoms with van der Waals surface area (Å²) in [6, 6.07) is 8.44. The standard InChI is InChI=1S/C32H45N7O2/c40-31(9-6-27-5-3-14-34-24-27)35-15-2-1-4-26-10-18-39(19-11-26)32(41)28-7-8-30(36-25-28)38-20-12-29(13-21-38)37-22-16-33-17-23-37/h3,5-9,14,24-26,29,33H,1-2,4,10-13,15-23H2,(H,35,40)/b9-6+. The predicted octanol–water partition coefficient (Wildman–Crippen LogP) is 3.20. The molecule has 3 saturated heterocycles. The summed E-state index contributed by atoms with van der Waals surface area (Å²) in [5, 5.41) is 6.40. The lowest BCUT2D eigenvalue weighted by molar-refractivity contribution is -0.116. The number of nitrogens with one attached hydrogen (secondary N) is 2. The summed E-state index contributed by atoms with van der Waals surface area (Å²) in [6.07, 6.45) is 16.2. The number of piperazine rings is 1. The molecule has 41 heavy (non-hydrogen) atoms. The van der Waals surface area contributed by atoms with Crippen LogP contribution < -0.4 is 15.5 Å². The van der Waals surface area contributed by atoms with Crippen LogP contribution in [0, 0.1) is 5.92 Å².